The van der Waals surface area contributed by atoms with Gasteiger partial charge < -0.3 is 4.98 Å². The Morgan fingerprint density at radius 1 is 1.08 bits per heavy atom. The van der Waals surface area contributed by atoms with Crippen LogP contribution in [0.4, 0.5) is 17.6 Å². The Morgan fingerprint density at radius 2 is 1.83 bits per heavy atom. The quantitative estimate of drug-likeness (QED) is 0.263. The first-order valence-corrected chi connectivity index (χ1v) is 11.5. The van der Waals surface area contributed by atoms with Gasteiger partial charge in [0.25, 0.3) is 5.56 Å². The normalized spacial score (nSPS) is 12.1. The number of hydrogen-bond acceptors (Lipinski definition) is 6. The molecule has 0 spiro atoms. The number of aromatic amines is 1. The van der Waals surface area contributed by atoms with E-state index in [-0.39, 0.29) is 47.3 Å². The van der Waals surface area contributed by atoms with E-state index in [0.717, 1.165) is 17.1 Å². The Balaban J connectivity index is 1.47. The Labute approximate surface area is 205 Å². The van der Waals surface area contributed by atoms with Crippen molar-refractivity contribution in [3.8, 4) is 0 Å². The fraction of sp³-hybridized carbons (Fsp3) is 0.429. The van der Waals surface area contributed by atoms with Crippen LogP contribution in [0.2, 0.25) is 5.28 Å². The molecule has 192 valence electrons. The molecule has 0 saturated carbocycles. The van der Waals surface area contributed by atoms with Crippen molar-refractivity contribution >= 4 is 22.8 Å². The SMILES string of the molecule is CCCCn1c(=O)n(CCCn2nnc(Cc3ccc(F)c(C(F)(F)F)c3)n2)c(=O)c2[nH]c(Cl)nc21. The van der Waals surface area contributed by atoms with Crippen molar-refractivity contribution in [2.45, 2.75) is 58.4 Å². The highest BCUT2D eigenvalue weighted by Gasteiger charge is 2.34. The van der Waals surface area contributed by atoms with Crippen molar-refractivity contribution in [3.63, 3.8) is 0 Å². The van der Waals surface area contributed by atoms with Crippen LogP contribution in [0.3, 0.4) is 0 Å². The Kier molecular flexibility index (Phi) is 7.24. The van der Waals surface area contributed by atoms with Crippen LogP contribution in [-0.4, -0.2) is 39.3 Å². The van der Waals surface area contributed by atoms with E-state index in [2.05, 4.69) is 25.4 Å². The molecule has 1 aromatic carbocycles. The largest absolute Gasteiger partial charge is 0.419 e. The number of benzene rings is 1. The predicted octanol–water partition coefficient (Wildman–Crippen LogP) is 3.17. The van der Waals surface area contributed by atoms with Crippen LogP contribution in [-0.2, 0) is 32.2 Å². The fourth-order valence-electron chi connectivity index (χ4n) is 3.75. The number of hydrogen-bond donors (Lipinski definition) is 1. The maximum atomic E-state index is 13.5. The molecule has 15 heteroatoms. The second kappa shape index (κ2) is 10.2. The first-order chi connectivity index (χ1) is 17.1. The first kappa shape index (κ1) is 25.5. The number of nitrogens with zero attached hydrogens (tertiary/aromatic N) is 7. The van der Waals surface area contributed by atoms with Gasteiger partial charge in [0.05, 0.1) is 12.1 Å². The molecular formula is C21H21ClF4N8O2. The molecular weight excluding hydrogens is 508 g/mol. The molecule has 10 nitrogen and oxygen atoms in total. The summed E-state index contributed by atoms with van der Waals surface area (Å²) in [5.74, 6) is -1.22. The van der Waals surface area contributed by atoms with Gasteiger partial charge in [0.1, 0.15) is 5.82 Å². The zero-order chi connectivity index (χ0) is 26.0. The van der Waals surface area contributed by atoms with E-state index in [1.807, 2.05) is 6.92 Å². The minimum atomic E-state index is -4.82. The van der Waals surface area contributed by atoms with Crippen molar-refractivity contribution in [1.82, 2.24) is 39.3 Å². The Bertz CT molecular complexity index is 1500. The van der Waals surface area contributed by atoms with E-state index < -0.39 is 28.8 Å². The van der Waals surface area contributed by atoms with Crippen molar-refractivity contribution in [2.24, 2.45) is 0 Å². The average Bonchev–Trinajstić information content (AvgIpc) is 3.43. The van der Waals surface area contributed by atoms with E-state index in [1.54, 1.807) is 0 Å². The summed E-state index contributed by atoms with van der Waals surface area (Å²) < 4.78 is 54.8. The predicted molar refractivity (Wildman–Crippen MR) is 121 cm³/mol. The maximum absolute atomic E-state index is 13.5. The topological polar surface area (TPSA) is 116 Å². The molecule has 1 N–H and O–H groups in total. The summed E-state index contributed by atoms with van der Waals surface area (Å²) in [5.41, 5.74) is -1.91. The van der Waals surface area contributed by atoms with Gasteiger partial charge in [-0.3, -0.25) is 13.9 Å². The molecule has 3 heterocycles. The molecule has 0 saturated heterocycles. The summed E-state index contributed by atoms with van der Waals surface area (Å²) >= 11 is 5.92. The van der Waals surface area contributed by atoms with Gasteiger partial charge in [0.15, 0.2) is 17.0 Å². The van der Waals surface area contributed by atoms with Crippen molar-refractivity contribution in [3.05, 3.63) is 67.1 Å². The van der Waals surface area contributed by atoms with Crippen molar-refractivity contribution < 1.29 is 17.6 Å². The van der Waals surface area contributed by atoms with Gasteiger partial charge in [-0.25, -0.2) is 9.18 Å². The van der Waals surface area contributed by atoms with Gasteiger partial charge in [-0.15, -0.1) is 10.2 Å². The fourth-order valence-corrected chi connectivity index (χ4v) is 3.92. The van der Waals surface area contributed by atoms with E-state index in [0.29, 0.717) is 25.5 Å². The highest BCUT2D eigenvalue weighted by atomic mass is 35.5. The Morgan fingerprint density at radius 3 is 2.56 bits per heavy atom. The lowest BCUT2D eigenvalue weighted by atomic mass is 10.1. The van der Waals surface area contributed by atoms with Gasteiger partial charge >= 0.3 is 11.9 Å². The lowest BCUT2D eigenvalue weighted by molar-refractivity contribution is -0.140. The molecule has 4 rings (SSSR count). The van der Waals surface area contributed by atoms with Crippen molar-refractivity contribution in [2.75, 3.05) is 0 Å². The molecule has 0 fully saturated rings. The lowest BCUT2D eigenvalue weighted by Crippen LogP contribution is -2.40. The zero-order valence-electron chi connectivity index (χ0n) is 19.0. The summed E-state index contributed by atoms with van der Waals surface area (Å²) in [6.07, 6.45) is -3.06. The molecule has 0 radical (unpaired) electrons. The number of imidazole rings is 1. The maximum Gasteiger partial charge on any atom is 0.419 e. The Hall–Kier alpha value is -3.55. The van der Waals surface area contributed by atoms with Gasteiger partial charge in [-0.1, -0.05) is 19.4 Å². The van der Waals surface area contributed by atoms with Crippen LogP contribution >= 0.6 is 11.6 Å². The van der Waals surface area contributed by atoms with Crippen LogP contribution in [0.5, 0.6) is 0 Å². The second-order valence-corrected chi connectivity index (χ2v) is 8.47. The van der Waals surface area contributed by atoms with Crippen LogP contribution in [0.1, 0.15) is 43.1 Å². The highest BCUT2D eigenvalue weighted by Crippen LogP contribution is 2.32. The number of alkyl halides is 3. The number of nitrogens with one attached hydrogen (secondary N) is 1. The van der Waals surface area contributed by atoms with Crippen LogP contribution < -0.4 is 11.2 Å². The summed E-state index contributed by atoms with van der Waals surface area (Å²) in [7, 11) is 0. The number of aromatic nitrogens is 8. The third kappa shape index (κ3) is 5.32. The molecule has 0 atom stereocenters. The van der Waals surface area contributed by atoms with Gasteiger partial charge in [0.2, 0.25) is 5.28 Å². The monoisotopic (exact) mass is 528 g/mol. The molecule has 0 bridgehead atoms. The van der Waals surface area contributed by atoms with Crippen molar-refractivity contribution in [1.29, 1.82) is 0 Å². The van der Waals surface area contributed by atoms with E-state index in [1.165, 1.54) is 15.4 Å². The summed E-state index contributed by atoms with van der Waals surface area (Å²) in [5, 5.41) is 11.8. The number of H-pyrrole nitrogens is 1. The minimum Gasteiger partial charge on any atom is -0.323 e. The standard InChI is InChI=1S/C21H21ClF4N8O2/c1-2-3-7-32-17-16(27-19(22)28-17)18(35)33(20(32)36)8-4-9-34-30-15(29-31-34)11-12-5-6-14(23)13(10-12)21(24,25)26/h5-6,10H,2-4,7-9,11H2,1H3,(H,27,28). The smallest absolute Gasteiger partial charge is 0.323 e. The molecule has 3 aromatic heterocycles. The summed E-state index contributed by atoms with van der Waals surface area (Å²) in [4.78, 5) is 33.8. The molecule has 0 aliphatic heterocycles. The lowest BCUT2D eigenvalue weighted by Gasteiger charge is -2.10. The molecule has 0 aliphatic rings. The number of tetrazole rings is 1. The van der Waals surface area contributed by atoms with Gasteiger partial charge in [-0.05, 0) is 47.4 Å². The van der Waals surface area contributed by atoms with Crippen LogP contribution in [0.15, 0.2) is 27.8 Å². The molecule has 0 unspecified atom stereocenters. The molecule has 36 heavy (non-hydrogen) atoms. The van der Waals surface area contributed by atoms with Gasteiger partial charge in [-0.2, -0.15) is 23.0 Å². The van der Waals surface area contributed by atoms with Crippen LogP contribution in [0.25, 0.3) is 11.2 Å². The number of aryl methyl sites for hydroxylation is 2. The average molecular weight is 529 g/mol. The first-order valence-electron chi connectivity index (χ1n) is 11.1. The zero-order valence-corrected chi connectivity index (χ0v) is 19.8. The molecule has 4 aromatic rings. The number of halogens is 5. The number of unbranched alkanes of at least 4 members (excludes halogenated alkanes) is 1. The summed E-state index contributed by atoms with van der Waals surface area (Å²) in [6, 6.07) is 2.68. The minimum absolute atomic E-state index is 0.00681. The molecule has 0 aliphatic carbocycles. The number of rotatable bonds is 9. The number of fused-ring (bicyclic) bond motifs is 1. The van der Waals surface area contributed by atoms with Gasteiger partial charge in [0, 0.05) is 19.5 Å². The highest BCUT2D eigenvalue weighted by molar-refractivity contribution is 6.28. The second-order valence-electron chi connectivity index (χ2n) is 8.11. The third-order valence-corrected chi connectivity index (χ3v) is 5.68. The van der Waals surface area contributed by atoms with E-state index in [9.17, 15) is 27.2 Å². The van der Waals surface area contributed by atoms with Crippen LogP contribution in [0, 0.1) is 5.82 Å². The molecule has 0 amide bonds. The third-order valence-electron chi connectivity index (χ3n) is 5.50. The van der Waals surface area contributed by atoms with E-state index in [4.69, 9.17) is 11.6 Å². The summed E-state index contributed by atoms with van der Waals surface area (Å²) in [6.45, 7) is 2.59. The van der Waals surface area contributed by atoms with E-state index >= 15 is 0 Å².